The van der Waals surface area contributed by atoms with Crippen molar-refractivity contribution in [3.05, 3.63) is 23.1 Å². The van der Waals surface area contributed by atoms with E-state index >= 15 is 0 Å². The van der Waals surface area contributed by atoms with Crippen molar-refractivity contribution in [2.45, 2.75) is 5.33 Å². The molecule has 0 saturated heterocycles. The van der Waals surface area contributed by atoms with E-state index in [1.54, 1.807) is 7.11 Å². The molecule has 0 spiro atoms. The SMILES string of the molecule is COc1cc2ccsc2c(O)c1CBr. The number of ether oxygens (including phenoxy) is 1. The lowest BCUT2D eigenvalue weighted by atomic mass is 10.1. The highest BCUT2D eigenvalue weighted by Gasteiger charge is 2.12. The van der Waals surface area contributed by atoms with Crippen LogP contribution in [0.15, 0.2) is 17.5 Å². The number of rotatable bonds is 2. The molecule has 2 nitrogen and oxygen atoms in total. The zero-order valence-electron chi connectivity index (χ0n) is 7.58. The van der Waals surface area contributed by atoms with Crippen LogP contribution in [-0.2, 0) is 5.33 Å². The number of hydrogen-bond acceptors (Lipinski definition) is 3. The van der Waals surface area contributed by atoms with Gasteiger partial charge in [0.1, 0.15) is 11.5 Å². The topological polar surface area (TPSA) is 29.5 Å². The van der Waals surface area contributed by atoms with E-state index in [1.807, 2.05) is 17.5 Å². The molecular formula is C10H9BrO2S. The number of aromatic hydroxyl groups is 1. The van der Waals surface area contributed by atoms with Gasteiger partial charge >= 0.3 is 0 Å². The number of phenolic OH excluding ortho intramolecular Hbond substituents is 1. The lowest BCUT2D eigenvalue weighted by molar-refractivity contribution is 0.404. The monoisotopic (exact) mass is 272 g/mol. The average Bonchev–Trinajstić information content (AvgIpc) is 2.65. The summed E-state index contributed by atoms with van der Waals surface area (Å²) in [5.74, 6) is 1.05. The first-order valence-corrected chi connectivity index (χ1v) is 6.10. The average molecular weight is 273 g/mol. The van der Waals surface area contributed by atoms with Crippen LogP contribution in [0.1, 0.15) is 5.56 Å². The molecule has 0 saturated carbocycles. The van der Waals surface area contributed by atoms with Crippen LogP contribution in [0.4, 0.5) is 0 Å². The van der Waals surface area contributed by atoms with Gasteiger partial charge in [-0.05, 0) is 22.9 Å². The van der Waals surface area contributed by atoms with Crippen LogP contribution in [0.2, 0.25) is 0 Å². The Morgan fingerprint density at radius 3 is 3.00 bits per heavy atom. The zero-order chi connectivity index (χ0) is 10.1. The van der Waals surface area contributed by atoms with Gasteiger partial charge in [-0.15, -0.1) is 11.3 Å². The third kappa shape index (κ3) is 1.38. The number of benzene rings is 1. The minimum Gasteiger partial charge on any atom is -0.506 e. The molecule has 1 N–H and O–H groups in total. The molecular weight excluding hydrogens is 264 g/mol. The van der Waals surface area contributed by atoms with Crippen molar-refractivity contribution in [1.29, 1.82) is 0 Å². The second-order valence-corrected chi connectivity index (χ2v) is 4.36. The first kappa shape index (κ1) is 9.80. The fraction of sp³-hybridized carbons (Fsp3) is 0.200. The largest absolute Gasteiger partial charge is 0.506 e. The maximum absolute atomic E-state index is 9.95. The Kier molecular flexibility index (Phi) is 2.65. The van der Waals surface area contributed by atoms with E-state index in [4.69, 9.17) is 4.74 Å². The molecule has 4 heteroatoms. The van der Waals surface area contributed by atoms with Crippen molar-refractivity contribution in [2.75, 3.05) is 7.11 Å². The predicted octanol–water partition coefficient (Wildman–Crippen LogP) is 3.51. The third-order valence-electron chi connectivity index (χ3n) is 2.13. The van der Waals surface area contributed by atoms with Gasteiger partial charge in [0.25, 0.3) is 0 Å². The van der Waals surface area contributed by atoms with Gasteiger partial charge in [0.2, 0.25) is 0 Å². The quantitative estimate of drug-likeness (QED) is 0.848. The molecule has 0 fully saturated rings. The summed E-state index contributed by atoms with van der Waals surface area (Å²) in [5.41, 5.74) is 0.808. The molecule has 74 valence electrons. The summed E-state index contributed by atoms with van der Waals surface area (Å²) < 4.78 is 6.13. The van der Waals surface area contributed by atoms with Crippen LogP contribution in [0.5, 0.6) is 11.5 Å². The summed E-state index contributed by atoms with van der Waals surface area (Å²) in [6.45, 7) is 0. The summed E-state index contributed by atoms with van der Waals surface area (Å²) >= 11 is 4.87. The van der Waals surface area contributed by atoms with Gasteiger partial charge in [-0.25, -0.2) is 0 Å². The Bertz CT molecular complexity index is 464. The number of halogens is 1. The normalized spacial score (nSPS) is 10.7. The van der Waals surface area contributed by atoms with Crippen LogP contribution in [-0.4, -0.2) is 12.2 Å². The van der Waals surface area contributed by atoms with Crippen LogP contribution >= 0.6 is 27.3 Å². The van der Waals surface area contributed by atoms with Crippen LogP contribution in [0.25, 0.3) is 10.1 Å². The Balaban J connectivity index is 2.79. The molecule has 1 aromatic carbocycles. The molecule has 0 aliphatic rings. The molecule has 1 heterocycles. The third-order valence-corrected chi connectivity index (χ3v) is 3.63. The maximum Gasteiger partial charge on any atom is 0.141 e. The number of methoxy groups -OCH3 is 1. The molecule has 0 amide bonds. The van der Waals surface area contributed by atoms with Crippen LogP contribution in [0.3, 0.4) is 0 Å². The Morgan fingerprint density at radius 2 is 2.36 bits per heavy atom. The van der Waals surface area contributed by atoms with Crippen LogP contribution in [0, 0.1) is 0 Å². The molecule has 0 bridgehead atoms. The van der Waals surface area contributed by atoms with Crippen molar-refractivity contribution >= 4 is 37.4 Å². The van der Waals surface area contributed by atoms with Gasteiger partial charge < -0.3 is 9.84 Å². The lowest BCUT2D eigenvalue weighted by Crippen LogP contribution is -1.89. The summed E-state index contributed by atoms with van der Waals surface area (Å²) in [5, 5.41) is 13.5. The highest BCUT2D eigenvalue weighted by Crippen LogP contribution is 2.39. The highest BCUT2D eigenvalue weighted by molar-refractivity contribution is 9.08. The molecule has 2 aromatic rings. The van der Waals surface area contributed by atoms with E-state index < -0.39 is 0 Å². The summed E-state index contributed by atoms with van der Waals surface area (Å²) in [6, 6.07) is 3.92. The van der Waals surface area contributed by atoms with E-state index in [1.165, 1.54) is 11.3 Å². The minimum atomic E-state index is 0.325. The fourth-order valence-corrected chi connectivity index (χ4v) is 2.81. The summed E-state index contributed by atoms with van der Waals surface area (Å²) in [6.07, 6.45) is 0. The smallest absolute Gasteiger partial charge is 0.141 e. The molecule has 0 radical (unpaired) electrons. The molecule has 0 atom stereocenters. The highest BCUT2D eigenvalue weighted by atomic mass is 79.9. The van der Waals surface area contributed by atoms with Crippen molar-refractivity contribution in [3.63, 3.8) is 0 Å². The first-order chi connectivity index (χ1) is 6.77. The number of hydrogen-bond donors (Lipinski definition) is 1. The molecule has 0 aliphatic heterocycles. The minimum absolute atomic E-state index is 0.325. The summed E-state index contributed by atoms with van der Waals surface area (Å²) in [7, 11) is 1.61. The standard InChI is InChI=1S/C10H9BrO2S/c1-13-8-4-6-2-3-14-10(6)9(12)7(8)5-11/h2-4,12H,5H2,1H3. The maximum atomic E-state index is 9.95. The van der Waals surface area contributed by atoms with E-state index in [-0.39, 0.29) is 0 Å². The second kappa shape index (κ2) is 3.79. The number of thiophene rings is 1. The van der Waals surface area contributed by atoms with Gasteiger partial charge in [-0.3, -0.25) is 0 Å². The second-order valence-electron chi connectivity index (χ2n) is 2.88. The van der Waals surface area contributed by atoms with Gasteiger partial charge in [0, 0.05) is 10.9 Å². The first-order valence-electron chi connectivity index (χ1n) is 4.10. The molecule has 2 rings (SSSR count). The Morgan fingerprint density at radius 1 is 1.57 bits per heavy atom. The number of fused-ring (bicyclic) bond motifs is 1. The van der Waals surface area contributed by atoms with Crippen molar-refractivity contribution in [3.8, 4) is 11.5 Å². The van der Waals surface area contributed by atoms with E-state index in [0.717, 1.165) is 21.4 Å². The molecule has 0 aliphatic carbocycles. The predicted molar refractivity (Wildman–Crippen MR) is 62.7 cm³/mol. The Labute approximate surface area is 94.3 Å². The van der Waals surface area contributed by atoms with Gasteiger partial charge in [-0.2, -0.15) is 0 Å². The molecule has 1 aromatic heterocycles. The summed E-state index contributed by atoms with van der Waals surface area (Å²) in [4.78, 5) is 0. The molecule has 14 heavy (non-hydrogen) atoms. The van der Waals surface area contributed by atoms with Crippen molar-refractivity contribution < 1.29 is 9.84 Å². The van der Waals surface area contributed by atoms with Gasteiger partial charge in [-0.1, -0.05) is 15.9 Å². The fourth-order valence-electron chi connectivity index (χ4n) is 1.42. The van der Waals surface area contributed by atoms with Gasteiger partial charge in [0.05, 0.1) is 11.8 Å². The van der Waals surface area contributed by atoms with E-state index in [2.05, 4.69) is 15.9 Å². The lowest BCUT2D eigenvalue weighted by Gasteiger charge is -2.08. The molecule has 0 unspecified atom stereocenters. The van der Waals surface area contributed by atoms with Crippen LogP contribution < -0.4 is 4.74 Å². The Hall–Kier alpha value is -0.740. The number of phenols is 1. The van der Waals surface area contributed by atoms with E-state index in [0.29, 0.717) is 11.1 Å². The van der Waals surface area contributed by atoms with Crippen molar-refractivity contribution in [1.82, 2.24) is 0 Å². The van der Waals surface area contributed by atoms with E-state index in [9.17, 15) is 5.11 Å². The zero-order valence-corrected chi connectivity index (χ0v) is 9.98. The van der Waals surface area contributed by atoms with Gasteiger partial charge in [0.15, 0.2) is 0 Å². The number of alkyl halides is 1. The van der Waals surface area contributed by atoms with Crippen molar-refractivity contribution in [2.24, 2.45) is 0 Å².